The van der Waals surface area contributed by atoms with E-state index in [1.54, 1.807) is 6.20 Å². The van der Waals surface area contributed by atoms with Crippen LogP contribution in [0.15, 0.2) is 48.8 Å². The molecule has 6 heteroatoms. The number of piperidine rings is 1. The number of likely N-dealkylation sites (tertiary alicyclic amines) is 1. The number of benzene rings is 1. The van der Waals surface area contributed by atoms with Crippen molar-refractivity contribution in [2.45, 2.75) is 45.6 Å². The first-order valence-electron chi connectivity index (χ1n) is 11.1. The van der Waals surface area contributed by atoms with Gasteiger partial charge in [-0.15, -0.1) is 0 Å². The minimum atomic E-state index is -0.775. The maximum Gasteiger partial charge on any atom is 0.303 e. The fraction of sp³-hybridized carbons (Fsp3) is 0.400. The van der Waals surface area contributed by atoms with Crippen molar-refractivity contribution in [3.63, 3.8) is 0 Å². The maximum absolute atomic E-state index is 10.8. The minimum absolute atomic E-state index is 0.144. The van der Waals surface area contributed by atoms with Gasteiger partial charge in [0.2, 0.25) is 0 Å². The Labute approximate surface area is 184 Å². The number of carbonyl (C=O) groups is 1. The molecule has 0 radical (unpaired) electrons. The summed E-state index contributed by atoms with van der Waals surface area (Å²) in [5, 5.41) is 13.6. The summed E-state index contributed by atoms with van der Waals surface area (Å²) in [6, 6.07) is 12.5. The van der Waals surface area contributed by atoms with Crippen LogP contribution in [-0.4, -0.2) is 52.1 Å². The van der Waals surface area contributed by atoms with E-state index in [0.717, 1.165) is 59.3 Å². The zero-order chi connectivity index (χ0) is 22.2. The van der Waals surface area contributed by atoms with Gasteiger partial charge in [0.15, 0.2) is 0 Å². The van der Waals surface area contributed by atoms with Crippen LogP contribution >= 0.6 is 0 Å². The van der Waals surface area contributed by atoms with Gasteiger partial charge in [-0.1, -0.05) is 38.1 Å². The SMILES string of the molecule is CC.CN1CCC(Nc2cc(-c3ccc(CCC(=O)O)cc3)nc3ccncc23)CC1. The smallest absolute Gasteiger partial charge is 0.303 e. The molecule has 1 saturated heterocycles. The summed E-state index contributed by atoms with van der Waals surface area (Å²) in [6.07, 6.45) is 6.56. The lowest BCUT2D eigenvalue weighted by atomic mass is 10.0. The number of fused-ring (bicyclic) bond motifs is 1. The number of hydrogen-bond donors (Lipinski definition) is 2. The molecule has 0 amide bonds. The number of nitrogens with one attached hydrogen (secondary N) is 1. The Morgan fingerprint density at radius 1 is 1.16 bits per heavy atom. The van der Waals surface area contributed by atoms with Crippen LogP contribution in [0.5, 0.6) is 0 Å². The normalized spacial score (nSPS) is 14.7. The van der Waals surface area contributed by atoms with Crippen molar-refractivity contribution < 1.29 is 9.90 Å². The van der Waals surface area contributed by atoms with E-state index >= 15 is 0 Å². The van der Waals surface area contributed by atoms with Gasteiger partial charge in [-0.05, 0) is 57.1 Å². The first kappa shape index (κ1) is 22.7. The van der Waals surface area contributed by atoms with Crippen LogP contribution in [0, 0.1) is 0 Å². The van der Waals surface area contributed by atoms with Crippen molar-refractivity contribution in [3.05, 3.63) is 54.4 Å². The lowest BCUT2D eigenvalue weighted by Gasteiger charge is -2.30. The summed E-state index contributed by atoms with van der Waals surface area (Å²) in [5.74, 6) is -0.775. The van der Waals surface area contributed by atoms with E-state index in [2.05, 4.69) is 28.3 Å². The minimum Gasteiger partial charge on any atom is -0.481 e. The Morgan fingerprint density at radius 3 is 2.55 bits per heavy atom. The number of aryl methyl sites for hydroxylation is 1. The molecule has 2 N–H and O–H groups in total. The van der Waals surface area contributed by atoms with Gasteiger partial charge < -0.3 is 15.3 Å². The van der Waals surface area contributed by atoms with Crippen molar-refractivity contribution in [2.24, 2.45) is 0 Å². The topological polar surface area (TPSA) is 78.4 Å². The number of rotatable bonds is 6. The molecule has 2 aromatic heterocycles. The van der Waals surface area contributed by atoms with Crippen molar-refractivity contribution in [2.75, 3.05) is 25.5 Å². The van der Waals surface area contributed by atoms with Gasteiger partial charge in [-0.25, -0.2) is 4.98 Å². The molecule has 164 valence electrons. The summed E-state index contributed by atoms with van der Waals surface area (Å²) in [5.41, 5.74) is 4.94. The third kappa shape index (κ3) is 6.01. The Hall–Kier alpha value is -2.99. The molecule has 1 aliphatic rings. The second-order valence-electron chi connectivity index (χ2n) is 7.76. The summed E-state index contributed by atoms with van der Waals surface area (Å²) in [6.45, 7) is 6.20. The van der Waals surface area contributed by atoms with Crippen molar-refractivity contribution in [1.82, 2.24) is 14.9 Å². The highest BCUT2D eigenvalue weighted by molar-refractivity contribution is 5.93. The van der Waals surface area contributed by atoms with Crippen LogP contribution in [0.4, 0.5) is 5.69 Å². The number of hydrogen-bond acceptors (Lipinski definition) is 5. The molecule has 0 aliphatic carbocycles. The molecule has 1 aromatic carbocycles. The summed E-state index contributed by atoms with van der Waals surface area (Å²) < 4.78 is 0. The van der Waals surface area contributed by atoms with E-state index < -0.39 is 5.97 Å². The molecule has 1 fully saturated rings. The Bertz CT molecular complexity index is 996. The number of aliphatic carboxylic acids is 1. The molecule has 4 rings (SSSR count). The predicted molar refractivity (Wildman–Crippen MR) is 126 cm³/mol. The Balaban J connectivity index is 0.00000132. The van der Waals surface area contributed by atoms with Crippen LogP contribution in [0.3, 0.4) is 0 Å². The lowest BCUT2D eigenvalue weighted by molar-refractivity contribution is -0.136. The largest absolute Gasteiger partial charge is 0.481 e. The van der Waals surface area contributed by atoms with Gasteiger partial charge in [0, 0.05) is 41.5 Å². The molecule has 3 aromatic rings. The van der Waals surface area contributed by atoms with Gasteiger partial charge in [0.05, 0.1) is 11.2 Å². The number of carboxylic acids is 1. The second-order valence-corrected chi connectivity index (χ2v) is 7.76. The molecular weight excluding hydrogens is 388 g/mol. The van der Waals surface area contributed by atoms with Gasteiger partial charge >= 0.3 is 5.97 Å². The number of aromatic nitrogens is 2. The molecule has 0 atom stereocenters. The van der Waals surface area contributed by atoms with Gasteiger partial charge in [0.1, 0.15) is 0 Å². The van der Waals surface area contributed by atoms with E-state index in [-0.39, 0.29) is 6.42 Å². The average molecular weight is 421 g/mol. The monoisotopic (exact) mass is 420 g/mol. The number of anilines is 1. The second kappa shape index (κ2) is 10.9. The third-order valence-corrected chi connectivity index (χ3v) is 5.57. The van der Waals surface area contributed by atoms with Crippen LogP contribution < -0.4 is 5.32 Å². The summed E-state index contributed by atoms with van der Waals surface area (Å²) in [7, 11) is 2.17. The van der Waals surface area contributed by atoms with Gasteiger partial charge in [-0.3, -0.25) is 9.78 Å². The zero-order valence-electron chi connectivity index (χ0n) is 18.6. The fourth-order valence-electron chi connectivity index (χ4n) is 3.80. The highest BCUT2D eigenvalue weighted by Gasteiger charge is 2.18. The first-order chi connectivity index (χ1) is 15.1. The fourth-order valence-corrected chi connectivity index (χ4v) is 3.80. The van der Waals surface area contributed by atoms with E-state index in [9.17, 15) is 4.79 Å². The van der Waals surface area contributed by atoms with E-state index in [1.165, 1.54) is 0 Å². The van der Waals surface area contributed by atoms with Gasteiger partial charge in [0.25, 0.3) is 0 Å². The summed E-state index contributed by atoms with van der Waals surface area (Å²) in [4.78, 5) is 22.3. The van der Waals surface area contributed by atoms with E-state index in [0.29, 0.717) is 12.5 Å². The zero-order valence-corrected chi connectivity index (χ0v) is 18.6. The molecule has 31 heavy (non-hydrogen) atoms. The molecule has 3 heterocycles. The van der Waals surface area contributed by atoms with E-state index in [4.69, 9.17) is 10.1 Å². The highest BCUT2D eigenvalue weighted by atomic mass is 16.4. The lowest BCUT2D eigenvalue weighted by Crippen LogP contribution is -2.36. The van der Waals surface area contributed by atoms with Crippen molar-refractivity contribution >= 4 is 22.6 Å². The molecule has 0 saturated carbocycles. The first-order valence-corrected chi connectivity index (χ1v) is 11.1. The van der Waals surface area contributed by atoms with Crippen molar-refractivity contribution in [3.8, 4) is 11.3 Å². The molecule has 0 unspecified atom stereocenters. The number of pyridine rings is 2. The quantitative estimate of drug-likeness (QED) is 0.594. The van der Waals surface area contributed by atoms with Crippen LogP contribution in [0.2, 0.25) is 0 Å². The third-order valence-electron chi connectivity index (χ3n) is 5.57. The van der Waals surface area contributed by atoms with Crippen molar-refractivity contribution in [1.29, 1.82) is 0 Å². The maximum atomic E-state index is 10.8. The number of nitrogens with zero attached hydrogens (tertiary/aromatic N) is 3. The molecular formula is C25H32N4O2. The molecule has 6 nitrogen and oxygen atoms in total. The molecule has 1 aliphatic heterocycles. The molecule has 0 spiro atoms. The summed E-state index contributed by atoms with van der Waals surface area (Å²) >= 11 is 0. The molecule has 0 bridgehead atoms. The van der Waals surface area contributed by atoms with Gasteiger partial charge in [-0.2, -0.15) is 0 Å². The average Bonchev–Trinajstić information content (AvgIpc) is 2.81. The van der Waals surface area contributed by atoms with Crippen LogP contribution in [-0.2, 0) is 11.2 Å². The van der Waals surface area contributed by atoms with E-state index in [1.807, 2.05) is 50.4 Å². The number of carboxylic acid groups (broad SMARTS) is 1. The predicted octanol–water partition coefficient (Wildman–Crippen LogP) is 4.85. The van der Waals surface area contributed by atoms with Crippen LogP contribution in [0.25, 0.3) is 22.2 Å². The Morgan fingerprint density at radius 2 is 1.87 bits per heavy atom. The highest BCUT2D eigenvalue weighted by Crippen LogP contribution is 2.29. The standard InChI is InChI=1S/C23H26N4O2.C2H6/c1-27-12-9-18(10-13-27)25-22-14-21(26-20-8-11-24-15-19(20)22)17-5-2-16(3-6-17)4-7-23(28)29;1-2/h2-3,5-6,8,11,14-15,18H,4,7,9-10,12-13H2,1H3,(H,25,26)(H,28,29);1-2H3. The Kier molecular flexibility index (Phi) is 7.95. The van der Waals surface area contributed by atoms with Crippen LogP contribution in [0.1, 0.15) is 38.7 Å².